The van der Waals surface area contributed by atoms with Gasteiger partial charge < -0.3 is 39.8 Å². The van der Waals surface area contributed by atoms with Gasteiger partial charge in [0.05, 0.1) is 47.2 Å². The van der Waals surface area contributed by atoms with Crippen LogP contribution in [0, 0.1) is 11.8 Å². The van der Waals surface area contributed by atoms with Crippen molar-refractivity contribution in [2.24, 2.45) is 11.8 Å². The predicted molar refractivity (Wildman–Crippen MR) is 133 cm³/mol. The Morgan fingerprint density at radius 1 is 1.08 bits per heavy atom. The molecule has 1 aliphatic carbocycles. The van der Waals surface area contributed by atoms with Crippen LogP contribution in [0.15, 0.2) is 6.07 Å². The summed E-state index contributed by atoms with van der Waals surface area (Å²) >= 11 is 0. The van der Waals surface area contributed by atoms with Gasteiger partial charge in [-0.05, 0) is 43.2 Å². The number of rotatable bonds is 13. The fourth-order valence-corrected chi connectivity index (χ4v) is 4.79. The first kappa shape index (κ1) is 28.7. The Balaban J connectivity index is 1.71. The number of benzene rings is 1. The van der Waals surface area contributed by atoms with E-state index in [4.69, 9.17) is 18.9 Å². The second-order valence-electron chi connectivity index (χ2n) is 9.96. The van der Waals surface area contributed by atoms with Crippen molar-refractivity contribution in [1.29, 1.82) is 0 Å². The third-order valence-electron chi connectivity index (χ3n) is 6.96. The lowest BCUT2D eigenvalue weighted by molar-refractivity contribution is -0.135. The van der Waals surface area contributed by atoms with Gasteiger partial charge in [-0.1, -0.05) is 13.8 Å². The van der Waals surface area contributed by atoms with Crippen LogP contribution in [0.2, 0.25) is 0 Å². The summed E-state index contributed by atoms with van der Waals surface area (Å²) in [5.41, 5.74) is 0.534. The summed E-state index contributed by atoms with van der Waals surface area (Å²) in [6.45, 7) is 2.78. The van der Waals surface area contributed by atoms with Crippen molar-refractivity contribution in [1.82, 2.24) is 10.6 Å². The van der Waals surface area contributed by atoms with Gasteiger partial charge in [-0.15, -0.1) is 0 Å². The summed E-state index contributed by atoms with van der Waals surface area (Å²) in [6, 6.07) is -0.279. The predicted octanol–water partition coefficient (Wildman–Crippen LogP) is 0.156. The molecule has 1 heterocycles. The van der Waals surface area contributed by atoms with Crippen LogP contribution in [-0.4, -0.2) is 86.6 Å². The average Bonchev–Trinajstić information content (AvgIpc) is 3.70. The third-order valence-corrected chi connectivity index (χ3v) is 6.96. The van der Waals surface area contributed by atoms with Gasteiger partial charge in [0.1, 0.15) is 6.04 Å². The minimum atomic E-state index is -1.29. The van der Waals surface area contributed by atoms with E-state index in [1.807, 2.05) is 19.9 Å². The Bertz CT molecular complexity index is 1010. The molecule has 0 saturated carbocycles. The van der Waals surface area contributed by atoms with Gasteiger partial charge in [-0.3, -0.25) is 14.4 Å². The van der Waals surface area contributed by atoms with E-state index in [9.17, 15) is 24.6 Å². The molecule has 2 aliphatic rings. The summed E-state index contributed by atoms with van der Waals surface area (Å²) in [4.78, 5) is 39.0. The smallest absolute Gasteiger partial charge is 0.245 e. The molecule has 11 heteroatoms. The maximum Gasteiger partial charge on any atom is 0.245 e. The first-order valence-corrected chi connectivity index (χ1v) is 12.5. The number of carbonyl (C=O) groups is 3. The number of aliphatic hydroxyl groups excluding tert-OH is 2. The number of fused-ring (bicyclic) bond motifs is 1. The molecule has 1 unspecified atom stereocenters. The third kappa shape index (κ3) is 6.16. The van der Waals surface area contributed by atoms with Crippen LogP contribution in [0.25, 0.3) is 0 Å². The van der Waals surface area contributed by atoms with Crippen LogP contribution < -0.4 is 24.8 Å². The van der Waals surface area contributed by atoms with Gasteiger partial charge in [0.15, 0.2) is 22.9 Å². The van der Waals surface area contributed by atoms with Crippen LogP contribution in [0.4, 0.5) is 0 Å². The van der Waals surface area contributed by atoms with Crippen molar-refractivity contribution < 1.29 is 43.5 Å². The number of nitrogens with one attached hydrogen (secondary N) is 2. The van der Waals surface area contributed by atoms with E-state index in [-0.39, 0.29) is 18.4 Å². The molecular weight excluding hydrogens is 484 g/mol. The number of ketones is 1. The van der Waals surface area contributed by atoms with Gasteiger partial charge in [-0.2, -0.15) is 0 Å². The van der Waals surface area contributed by atoms with Gasteiger partial charge in [-0.25, -0.2) is 0 Å². The van der Waals surface area contributed by atoms with E-state index in [1.54, 1.807) is 7.11 Å². The van der Waals surface area contributed by atoms with Crippen LogP contribution in [-0.2, 0) is 32.0 Å². The fourth-order valence-electron chi connectivity index (χ4n) is 4.79. The molecule has 0 radical (unpaired) electrons. The standard InChI is InChI=1S/C26H38N2O9/c1-14(2)8-18(23(31)26(12-30)13-37-26)27-25(33)19(11-29)28-24(32)16-7-6-15-10-20(34-3)22(36-5)21(35-4)17(15)9-16/h10,14,16,18-19,29-30H,6-9,11-13H2,1-5H3,(H,27,33)(H,28,32)/t16-,18-,19-,26?/m0/s1. The number of ether oxygens (including phenoxy) is 4. The molecule has 37 heavy (non-hydrogen) atoms. The van der Waals surface area contributed by atoms with Crippen LogP contribution in [0.3, 0.4) is 0 Å². The van der Waals surface area contributed by atoms with Gasteiger partial charge >= 0.3 is 0 Å². The van der Waals surface area contributed by atoms with Crippen molar-refractivity contribution in [3.05, 3.63) is 17.2 Å². The molecule has 1 saturated heterocycles. The maximum absolute atomic E-state index is 13.2. The SMILES string of the molecule is COc1cc2c(c(OC)c1OC)C[C@@H](C(=O)N[C@@H](CO)C(=O)N[C@@H](CC(C)C)C(=O)C1(CO)CO1)CC2. The Labute approximate surface area is 216 Å². The van der Waals surface area contributed by atoms with Crippen molar-refractivity contribution in [3.8, 4) is 17.2 Å². The zero-order valence-electron chi connectivity index (χ0n) is 22.1. The monoisotopic (exact) mass is 522 g/mol. The number of Topliss-reactive ketones (excluding diaryl/α,β-unsaturated/α-hetero) is 1. The summed E-state index contributed by atoms with van der Waals surface area (Å²) in [5.74, 6) is -0.390. The van der Waals surface area contributed by atoms with Crippen molar-refractivity contribution in [2.75, 3.05) is 41.2 Å². The number of epoxide rings is 1. The van der Waals surface area contributed by atoms with Crippen LogP contribution in [0.1, 0.15) is 37.8 Å². The van der Waals surface area contributed by atoms with Crippen LogP contribution in [0.5, 0.6) is 17.2 Å². The molecule has 2 amide bonds. The lowest BCUT2D eigenvalue weighted by Gasteiger charge is -2.29. The molecule has 4 atom stereocenters. The average molecular weight is 523 g/mol. The molecule has 11 nitrogen and oxygen atoms in total. The Morgan fingerprint density at radius 3 is 2.27 bits per heavy atom. The second kappa shape index (κ2) is 12.1. The minimum absolute atomic E-state index is 0.0683. The molecule has 1 fully saturated rings. The van der Waals surface area contributed by atoms with E-state index in [1.165, 1.54) is 14.2 Å². The first-order valence-electron chi connectivity index (χ1n) is 12.5. The summed E-state index contributed by atoms with van der Waals surface area (Å²) in [7, 11) is 4.58. The molecule has 4 N–H and O–H groups in total. The molecule has 206 valence electrons. The largest absolute Gasteiger partial charge is 0.493 e. The van der Waals surface area contributed by atoms with E-state index >= 15 is 0 Å². The van der Waals surface area contributed by atoms with E-state index in [0.717, 1.165) is 11.1 Å². The minimum Gasteiger partial charge on any atom is -0.493 e. The fraction of sp³-hybridized carbons (Fsp3) is 0.654. The number of carbonyl (C=O) groups excluding carboxylic acids is 3. The Morgan fingerprint density at radius 2 is 1.76 bits per heavy atom. The molecule has 1 aromatic rings. The maximum atomic E-state index is 13.2. The number of aryl methyl sites for hydroxylation is 1. The number of amides is 2. The number of hydrogen-bond acceptors (Lipinski definition) is 9. The number of methoxy groups -OCH3 is 3. The van der Waals surface area contributed by atoms with E-state index < -0.39 is 48.5 Å². The van der Waals surface area contributed by atoms with E-state index in [0.29, 0.717) is 42.9 Å². The quantitative estimate of drug-likeness (QED) is 0.265. The lowest BCUT2D eigenvalue weighted by atomic mass is 9.82. The molecule has 0 aromatic heterocycles. The molecule has 0 spiro atoms. The normalized spacial score (nSPS) is 21.9. The van der Waals surface area contributed by atoms with Gasteiger partial charge in [0.25, 0.3) is 0 Å². The summed E-state index contributed by atoms with van der Waals surface area (Å²) < 4.78 is 21.6. The molecular formula is C26H38N2O9. The second-order valence-corrected chi connectivity index (χ2v) is 9.96. The zero-order valence-corrected chi connectivity index (χ0v) is 22.1. The molecule has 1 aliphatic heterocycles. The molecule has 0 bridgehead atoms. The zero-order chi connectivity index (χ0) is 27.3. The highest BCUT2D eigenvalue weighted by Gasteiger charge is 2.54. The topological polar surface area (TPSA) is 156 Å². The van der Waals surface area contributed by atoms with Gasteiger partial charge in [0.2, 0.25) is 17.6 Å². The van der Waals surface area contributed by atoms with E-state index in [2.05, 4.69) is 10.6 Å². The lowest BCUT2D eigenvalue weighted by Crippen LogP contribution is -2.56. The van der Waals surface area contributed by atoms with Gasteiger partial charge in [0, 0.05) is 11.5 Å². The number of aliphatic hydroxyl groups is 2. The molecule has 3 rings (SSSR count). The van der Waals surface area contributed by atoms with Crippen molar-refractivity contribution >= 4 is 17.6 Å². The highest BCUT2D eigenvalue weighted by Crippen LogP contribution is 2.45. The van der Waals surface area contributed by atoms with Crippen LogP contribution >= 0.6 is 0 Å². The summed E-state index contributed by atoms with van der Waals surface area (Å²) in [5, 5.41) is 24.7. The molecule has 1 aromatic carbocycles. The highest BCUT2D eigenvalue weighted by atomic mass is 16.6. The van der Waals surface area contributed by atoms with Crippen molar-refractivity contribution in [2.45, 2.75) is 57.2 Å². The Kier molecular flexibility index (Phi) is 9.38. The van der Waals surface area contributed by atoms with Crippen molar-refractivity contribution in [3.63, 3.8) is 0 Å². The first-order chi connectivity index (χ1) is 17.6. The highest BCUT2D eigenvalue weighted by molar-refractivity contribution is 5.98. The number of hydrogen-bond donors (Lipinski definition) is 4. The summed E-state index contributed by atoms with van der Waals surface area (Å²) in [6.07, 6.45) is 1.80. The Hall–Kier alpha value is -2.89.